The maximum atomic E-state index is 13.4. The molecule has 1 saturated heterocycles. The van der Waals surface area contributed by atoms with Crippen molar-refractivity contribution in [3.63, 3.8) is 0 Å². The van der Waals surface area contributed by atoms with Crippen molar-refractivity contribution in [2.75, 3.05) is 39.3 Å². The third kappa shape index (κ3) is 5.36. The fraction of sp³-hybridized carbons (Fsp3) is 0.462. The molecule has 6 heteroatoms. The Balaban J connectivity index is 1.29. The topological polar surface area (TPSA) is 52.7 Å². The molecule has 2 aromatic carbocycles. The van der Waals surface area contributed by atoms with Gasteiger partial charge < -0.3 is 10.2 Å². The van der Waals surface area contributed by atoms with Crippen molar-refractivity contribution < 1.29 is 14.0 Å². The number of hydrogen-bond donors (Lipinski definition) is 1. The molecular weight excluding hydrogens is 405 g/mol. The summed E-state index contributed by atoms with van der Waals surface area (Å²) in [5, 5.41) is 3.15. The number of hydrogen-bond acceptors (Lipinski definition) is 3. The zero-order valence-electron chi connectivity index (χ0n) is 18.6. The van der Waals surface area contributed by atoms with Crippen LogP contribution in [0.4, 0.5) is 4.39 Å². The van der Waals surface area contributed by atoms with Gasteiger partial charge in [-0.3, -0.25) is 14.5 Å². The lowest BCUT2D eigenvalue weighted by Crippen LogP contribution is -2.44. The Labute approximate surface area is 189 Å². The van der Waals surface area contributed by atoms with E-state index >= 15 is 0 Å². The Hall–Kier alpha value is -2.73. The van der Waals surface area contributed by atoms with Crippen LogP contribution in [0.15, 0.2) is 54.6 Å². The van der Waals surface area contributed by atoms with Crippen LogP contribution in [0, 0.1) is 5.82 Å². The fourth-order valence-corrected chi connectivity index (χ4v) is 5.04. The average Bonchev–Trinajstić information content (AvgIpc) is 3.19. The first kappa shape index (κ1) is 22.5. The van der Waals surface area contributed by atoms with E-state index in [1.807, 2.05) is 47.4 Å². The summed E-state index contributed by atoms with van der Waals surface area (Å²) in [4.78, 5) is 29.5. The Bertz CT molecular complexity index is 910. The Kier molecular flexibility index (Phi) is 7.20. The maximum Gasteiger partial charge on any atom is 0.253 e. The molecule has 0 atom stereocenters. The second-order valence-corrected chi connectivity index (χ2v) is 9.06. The molecule has 1 N–H and O–H groups in total. The molecule has 2 aromatic rings. The summed E-state index contributed by atoms with van der Waals surface area (Å²) in [5.74, 6) is -0.160. The smallest absolute Gasteiger partial charge is 0.253 e. The van der Waals surface area contributed by atoms with Crippen molar-refractivity contribution in [2.24, 2.45) is 0 Å². The summed E-state index contributed by atoms with van der Waals surface area (Å²) in [6, 6.07) is 16.1. The molecule has 0 radical (unpaired) electrons. The summed E-state index contributed by atoms with van der Waals surface area (Å²) < 4.78 is 13.4. The number of nitrogens with one attached hydrogen (secondary N) is 1. The molecule has 5 nitrogen and oxygen atoms in total. The van der Waals surface area contributed by atoms with Crippen molar-refractivity contribution in [3.05, 3.63) is 71.5 Å². The zero-order valence-corrected chi connectivity index (χ0v) is 18.6. The number of rotatable bonds is 6. The Morgan fingerprint density at radius 1 is 0.875 bits per heavy atom. The van der Waals surface area contributed by atoms with E-state index in [4.69, 9.17) is 0 Å². The summed E-state index contributed by atoms with van der Waals surface area (Å²) in [7, 11) is 0. The van der Waals surface area contributed by atoms with Crippen molar-refractivity contribution in [2.45, 2.75) is 37.5 Å². The van der Waals surface area contributed by atoms with Gasteiger partial charge >= 0.3 is 0 Å². The fourth-order valence-electron chi connectivity index (χ4n) is 5.04. The van der Waals surface area contributed by atoms with Crippen molar-refractivity contribution in [1.29, 1.82) is 0 Å². The van der Waals surface area contributed by atoms with Gasteiger partial charge in [-0.05, 0) is 49.1 Å². The molecule has 2 aliphatic rings. The first-order valence-electron chi connectivity index (χ1n) is 11.7. The minimum absolute atomic E-state index is 0.0150. The van der Waals surface area contributed by atoms with Crippen molar-refractivity contribution in [3.8, 4) is 0 Å². The standard InChI is InChI=1S/C26H32FN3O2/c27-23-11-9-22(10-12-23)26(13-4-5-14-26)20-28-24(31)19-29-15-6-16-30(18-17-29)25(32)21-7-2-1-3-8-21/h1-3,7-12H,4-6,13-20H2,(H,28,31). The molecule has 1 saturated carbocycles. The molecule has 2 amide bonds. The van der Waals surface area contributed by atoms with E-state index in [1.165, 1.54) is 12.1 Å². The highest BCUT2D eigenvalue weighted by Crippen LogP contribution is 2.40. The lowest BCUT2D eigenvalue weighted by Gasteiger charge is -2.30. The molecule has 4 rings (SSSR count). The molecule has 0 spiro atoms. The van der Waals surface area contributed by atoms with E-state index in [9.17, 15) is 14.0 Å². The summed E-state index contributed by atoms with van der Waals surface area (Å²) in [5.41, 5.74) is 1.73. The molecule has 1 aliphatic heterocycles. The predicted octanol–water partition coefficient (Wildman–Crippen LogP) is 3.60. The summed E-state index contributed by atoms with van der Waals surface area (Å²) in [6.07, 6.45) is 5.14. The van der Waals surface area contributed by atoms with E-state index in [2.05, 4.69) is 10.2 Å². The number of benzene rings is 2. The van der Waals surface area contributed by atoms with E-state index in [0.717, 1.165) is 44.2 Å². The lowest BCUT2D eigenvalue weighted by atomic mass is 9.79. The van der Waals surface area contributed by atoms with Crippen LogP contribution in [0.5, 0.6) is 0 Å². The van der Waals surface area contributed by atoms with Crippen LogP contribution in [-0.2, 0) is 10.2 Å². The first-order valence-corrected chi connectivity index (χ1v) is 11.7. The summed E-state index contributed by atoms with van der Waals surface area (Å²) in [6.45, 7) is 3.75. The summed E-state index contributed by atoms with van der Waals surface area (Å²) >= 11 is 0. The third-order valence-corrected chi connectivity index (χ3v) is 6.90. The second kappa shape index (κ2) is 10.3. The third-order valence-electron chi connectivity index (χ3n) is 6.90. The number of nitrogens with zero attached hydrogens (tertiary/aromatic N) is 2. The van der Waals surface area contributed by atoms with Crippen LogP contribution in [0.3, 0.4) is 0 Å². The van der Waals surface area contributed by atoms with Gasteiger partial charge in [0.2, 0.25) is 5.91 Å². The largest absolute Gasteiger partial charge is 0.354 e. The van der Waals surface area contributed by atoms with Gasteiger partial charge in [0.1, 0.15) is 5.82 Å². The van der Waals surface area contributed by atoms with Gasteiger partial charge in [-0.2, -0.15) is 0 Å². The monoisotopic (exact) mass is 437 g/mol. The number of halogens is 1. The minimum atomic E-state index is -0.230. The number of carbonyl (C=O) groups is 2. The Morgan fingerprint density at radius 2 is 1.59 bits per heavy atom. The van der Waals surface area contributed by atoms with Crippen LogP contribution in [0.1, 0.15) is 48.0 Å². The lowest BCUT2D eigenvalue weighted by molar-refractivity contribution is -0.122. The average molecular weight is 438 g/mol. The molecule has 170 valence electrons. The van der Waals surface area contributed by atoms with Gasteiger partial charge in [-0.1, -0.05) is 43.2 Å². The Morgan fingerprint density at radius 3 is 2.31 bits per heavy atom. The molecule has 1 aliphatic carbocycles. The molecule has 32 heavy (non-hydrogen) atoms. The van der Waals surface area contributed by atoms with E-state index in [0.29, 0.717) is 38.3 Å². The van der Waals surface area contributed by atoms with Crippen LogP contribution >= 0.6 is 0 Å². The first-order chi connectivity index (χ1) is 15.6. The molecule has 2 fully saturated rings. The predicted molar refractivity (Wildman–Crippen MR) is 123 cm³/mol. The van der Waals surface area contributed by atoms with Gasteiger partial charge in [0, 0.05) is 43.7 Å². The van der Waals surface area contributed by atoms with Gasteiger partial charge in [0.15, 0.2) is 0 Å². The SMILES string of the molecule is O=C(CN1CCCN(C(=O)c2ccccc2)CC1)NCC1(c2ccc(F)cc2)CCCC1. The van der Waals surface area contributed by atoms with Crippen molar-refractivity contribution in [1.82, 2.24) is 15.1 Å². The van der Waals surface area contributed by atoms with Crippen LogP contribution in [0.2, 0.25) is 0 Å². The van der Waals surface area contributed by atoms with Crippen LogP contribution in [0.25, 0.3) is 0 Å². The highest BCUT2D eigenvalue weighted by molar-refractivity contribution is 5.94. The van der Waals surface area contributed by atoms with E-state index in [1.54, 1.807) is 0 Å². The van der Waals surface area contributed by atoms with Crippen molar-refractivity contribution >= 4 is 11.8 Å². The van der Waals surface area contributed by atoms with Gasteiger partial charge in [-0.25, -0.2) is 4.39 Å². The maximum absolute atomic E-state index is 13.4. The minimum Gasteiger partial charge on any atom is -0.354 e. The number of amides is 2. The highest BCUT2D eigenvalue weighted by atomic mass is 19.1. The van der Waals surface area contributed by atoms with Gasteiger partial charge in [0.25, 0.3) is 5.91 Å². The molecule has 0 aromatic heterocycles. The van der Waals surface area contributed by atoms with Gasteiger partial charge in [-0.15, -0.1) is 0 Å². The van der Waals surface area contributed by atoms with E-state index < -0.39 is 0 Å². The van der Waals surface area contributed by atoms with E-state index in [-0.39, 0.29) is 23.0 Å². The highest BCUT2D eigenvalue weighted by Gasteiger charge is 2.36. The second-order valence-electron chi connectivity index (χ2n) is 9.06. The van der Waals surface area contributed by atoms with Crippen LogP contribution in [-0.4, -0.2) is 60.9 Å². The molecule has 0 bridgehead atoms. The van der Waals surface area contributed by atoms with Crippen LogP contribution < -0.4 is 5.32 Å². The zero-order chi connectivity index (χ0) is 22.4. The normalized spacial score (nSPS) is 18.8. The van der Waals surface area contributed by atoms with Gasteiger partial charge in [0.05, 0.1) is 6.54 Å². The molecular formula is C26H32FN3O2. The molecule has 1 heterocycles. The number of carbonyl (C=O) groups excluding carboxylic acids is 2. The quantitative estimate of drug-likeness (QED) is 0.751. The molecule has 0 unspecified atom stereocenters.